The molecule has 2 nitrogen and oxygen atoms in total. The SMILES string of the molecule is CCC(CC)[C@H](NC(C)=O)c1cccs1. The minimum absolute atomic E-state index is 0.0558. The maximum Gasteiger partial charge on any atom is 0.217 e. The van der Waals surface area contributed by atoms with Crippen molar-refractivity contribution in [2.45, 2.75) is 39.7 Å². The quantitative estimate of drug-likeness (QED) is 0.818. The minimum atomic E-state index is 0.0558. The predicted molar refractivity (Wildman–Crippen MR) is 64.9 cm³/mol. The molecule has 0 bridgehead atoms. The molecule has 1 N–H and O–H groups in total. The van der Waals surface area contributed by atoms with E-state index in [1.807, 2.05) is 6.07 Å². The lowest BCUT2D eigenvalue weighted by atomic mass is 9.93. The Balaban J connectivity index is 2.82. The van der Waals surface area contributed by atoms with Crippen molar-refractivity contribution in [2.24, 2.45) is 5.92 Å². The molecule has 84 valence electrons. The topological polar surface area (TPSA) is 29.1 Å². The van der Waals surface area contributed by atoms with Crippen molar-refractivity contribution in [2.75, 3.05) is 0 Å². The number of rotatable bonds is 5. The van der Waals surface area contributed by atoms with Gasteiger partial charge in [0.05, 0.1) is 6.04 Å². The molecule has 0 aliphatic heterocycles. The molecule has 1 heterocycles. The highest BCUT2D eigenvalue weighted by Crippen LogP contribution is 2.30. The van der Waals surface area contributed by atoms with Crippen molar-refractivity contribution < 1.29 is 4.79 Å². The molecular formula is C12H19NOS. The van der Waals surface area contributed by atoms with E-state index in [1.54, 1.807) is 18.3 Å². The van der Waals surface area contributed by atoms with Gasteiger partial charge >= 0.3 is 0 Å². The summed E-state index contributed by atoms with van der Waals surface area (Å²) in [5, 5.41) is 5.12. The molecule has 0 radical (unpaired) electrons. The summed E-state index contributed by atoms with van der Waals surface area (Å²) >= 11 is 1.72. The first-order valence-corrected chi connectivity index (χ1v) is 6.37. The second kappa shape index (κ2) is 5.91. The average Bonchev–Trinajstić information content (AvgIpc) is 2.70. The summed E-state index contributed by atoms with van der Waals surface area (Å²) in [7, 11) is 0. The van der Waals surface area contributed by atoms with E-state index in [1.165, 1.54) is 4.88 Å². The Morgan fingerprint density at radius 2 is 2.13 bits per heavy atom. The zero-order chi connectivity index (χ0) is 11.3. The molecule has 0 aliphatic carbocycles. The molecule has 15 heavy (non-hydrogen) atoms. The van der Waals surface area contributed by atoms with Gasteiger partial charge in [-0.25, -0.2) is 0 Å². The molecule has 0 aromatic carbocycles. The Labute approximate surface area is 95.7 Å². The lowest BCUT2D eigenvalue weighted by Gasteiger charge is -2.24. The van der Waals surface area contributed by atoms with E-state index in [2.05, 4.69) is 30.6 Å². The standard InChI is InChI=1S/C12H19NOS/c1-4-10(5-2)12(13-9(3)14)11-7-6-8-15-11/h6-8,10,12H,4-5H2,1-3H3,(H,13,14)/t12-/m0/s1. The molecule has 0 saturated heterocycles. The number of hydrogen-bond acceptors (Lipinski definition) is 2. The van der Waals surface area contributed by atoms with Crippen LogP contribution in [0, 0.1) is 5.92 Å². The van der Waals surface area contributed by atoms with E-state index in [4.69, 9.17) is 0 Å². The Morgan fingerprint density at radius 1 is 1.47 bits per heavy atom. The average molecular weight is 225 g/mol. The first kappa shape index (κ1) is 12.2. The number of amides is 1. The summed E-state index contributed by atoms with van der Waals surface area (Å²) < 4.78 is 0. The van der Waals surface area contributed by atoms with Crippen LogP contribution >= 0.6 is 11.3 Å². The summed E-state index contributed by atoms with van der Waals surface area (Å²) in [5.41, 5.74) is 0. The van der Waals surface area contributed by atoms with Crippen molar-refractivity contribution >= 4 is 17.2 Å². The number of carbonyl (C=O) groups is 1. The number of carbonyl (C=O) groups excluding carboxylic acids is 1. The van der Waals surface area contributed by atoms with E-state index >= 15 is 0 Å². The summed E-state index contributed by atoms with van der Waals surface area (Å²) in [6.07, 6.45) is 2.19. The van der Waals surface area contributed by atoms with Gasteiger partial charge in [0.2, 0.25) is 5.91 Å². The van der Waals surface area contributed by atoms with Crippen LogP contribution in [0.1, 0.15) is 44.5 Å². The number of nitrogens with one attached hydrogen (secondary N) is 1. The summed E-state index contributed by atoms with van der Waals surface area (Å²) in [6.45, 7) is 5.94. The highest BCUT2D eigenvalue weighted by atomic mass is 32.1. The van der Waals surface area contributed by atoms with E-state index in [-0.39, 0.29) is 11.9 Å². The van der Waals surface area contributed by atoms with Gasteiger partial charge in [-0.1, -0.05) is 32.8 Å². The number of thiophene rings is 1. The van der Waals surface area contributed by atoms with E-state index in [0.29, 0.717) is 5.92 Å². The normalized spacial score (nSPS) is 12.8. The van der Waals surface area contributed by atoms with Gasteiger partial charge < -0.3 is 5.32 Å². The largest absolute Gasteiger partial charge is 0.348 e. The maximum atomic E-state index is 11.2. The third-order valence-electron chi connectivity index (χ3n) is 2.73. The molecule has 1 amide bonds. The number of hydrogen-bond donors (Lipinski definition) is 1. The molecular weight excluding hydrogens is 206 g/mol. The van der Waals surface area contributed by atoms with Crippen LogP contribution in [0.3, 0.4) is 0 Å². The second-order valence-electron chi connectivity index (χ2n) is 3.77. The maximum absolute atomic E-state index is 11.2. The minimum Gasteiger partial charge on any atom is -0.348 e. The molecule has 1 rings (SSSR count). The zero-order valence-electron chi connectivity index (χ0n) is 9.62. The van der Waals surface area contributed by atoms with Crippen molar-refractivity contribution in [1.82, 2.24) is 5.32 Å². The van der Waals surface area contributed by atoms with Gasteiger partial charge in [0.25, 0.3) is 0 Å². The fourth-order valence-electron chi connectivity index (χ4n) is 1.87. The molecule has 0 fully saturated rings. The van der Waals surface area contributed by atoms with Crippen molar-refractivity contribution in [3.63, 3.8) is 0 Å². The first-order valence-electron chi connectivity index (χ1n) is 5.49. The highest BCUT2D eigenvalue weighted by Gasteiger charge is 2.21. The first-order chi connectivity index (χ1) is 7.19. The van der Waals surface area contributed by atoms with Crippen LogP contribution < -0.4 is 5.32 Å². The molecule has 0 saturated carbocycles. The molecule has 1 aromatic heterocycles. The fraction of sp³-hybridized carbons (Fsp3) is 0.583. The van der Waals surface area contributed by atoms with Crippen LogP contribution in [0.25, 0.3) is 0 Å². The summed E-state index contributed by atoms with van der Waals surface area (Å²) in [4.78, 5) is 12.4. The smallest absolute Gasteiger partial charge is 0.217 e. The van der Waals surface area contributed by atoms with Gasteiger partial charge in [-0.3, -0.25) is 4.79 Å². The highest BCUT2D eigenvalue weighted by molar-refractivity contribution is 7.10. The van der Waals surface area contributed by atoms with Gasteiger partial charge in [0.1, 0.15) is 0 Å². The van der Waals surface area contributed by atoms with Crippen molar-refractivity contribution in [1.29, 1.82) is 0 Å². The van der Waals surface area contributed by atoms with Gasteiger partial charge in [0, 0.05) is 11.8 Å². The van der Waals surface area contributed by atoms with Crippen molar-refractivity contribution in [3.05, 3.63) is 22.4 Å². The Hall–Kier alpha value is -0.830. The van der Waals surface area contributed by atoms with Crippen LogP contribution in [0.15, 0.2) is 17.5 Å². The summed E-state index contributed by atoms with van der Waals surface area (Å²) in [6, 6.07) is 4.33. The molecule has 1 atom stereocenters. The third kappa shape index (κ3) is 3.34. The molecule has 1 aromatic rings. The van der Waals surface area contributed by atoms with Crippen LogP contribution in [0.2, 0.25) is 0 Å². The van der Waals surface area contributed by atoms with Crippen LogP contribution in [0.4, 0.5) is 0 Å². The molecule has 0 unspecified atom stereocenters. The molecule has 3 heteroatoms. The lowest BCUT2D eigenvalue weighted by Crippen LogP contribution is -2.30. The van der Waals surface area contributed by atoms with Crippen LogP contribution in [-0.2, 0) is 4.79 Å². The lowest BCUT2D eigenvalue weighted by molar-refractivity contribution is -0.120. The van der Waals surface area contributed by atoms with E-state index in [0.717, 1.165) is 12.8 Å². The van der Waals surface area contributed by atoms with Gasteiger partial charge in [-0.05, 0) is 17.4 Å². The van der Waals surface area contributed by atoms with E-state index < -0.39 is 0 Å². The molecule has 0 aliphatic rings. The van der Waals surface area contributed by atoms with Crippen molar-refractivity contribution in [3.8, 4) is 0 Å². The van der Waals surface area contributed by atoms with Gasteiger partial charge in [-0.2, -0.15) is 0 Å². The Kier molecular flexibility index (Phi) is 4.82. The van der Waals surface area contributed by atoms with Gasteiger partial charge in [0.15, 0.2) is 0 Å². The zero-order valence-corrected chi connectivity index (χ0v) is 10.4. The van der Waals surface area contributed by atoms with E-state index in [9.17, 15) is 4.79 Å². The Morgan fingerprint density at radius 3 is 2.53 bits per heavy atom. The van der Waals surface area contributed by atoms with Gasteiger partial charge in [-0.15, -0.1) is 11.3 Å². The molecule has 0 spiro atoms. The van der Waals surface area contributed by atoms with Crippen LogP contribution in [0.5, 0.6) is 0 Å². The predicted octanol–water partition coefficient (Wildman–Crippen LogP) is 3.36. The Bertz CT molecular complexity index is 291. The monoisotopic (exact) mass is 225 g/mol. The third-order valence-corrected chi connectivity index (χ3v) is 3.68. The van der Waals surface area contributed by atoms with Crippen LogP contribution in [-0.4, -0.2) is 5.91 Å². The second-order valence-corrected chi connectivity index (χ2v) is 4.75. The summed E-state index contributed by atoms with van der Waals surface area (Å²) in [5.74, 6) is 0.591. The fourth-order valence-corrected chi connectivity index (χ4v) is 2.74.